The summed E-state index contributed by atoms with van der Waals surface area (Å²) >= 11 is 1.60. The maximum Gasteiger partial charge on any atom is 0.0438 e. The Morgan fingerprint density at radius 2 is 2.40 bits per heavy atom. The molecule has 1 aromatic rings. The van der Waals surface area contributed by atoms with E-state index in [1.54, 1.807) is 11.5 Å². The van der Waals surface area contributed by atoms with E-state index in [-0.39, 0.29) is 0 Å². The molecule has 1 rings (SSSR count). The molecule has 2 heteroatoms. The Kier molecular flexibility index (Phi) is 2.44. The van der Waals surface area contributed by atoms with Crippen molar-refractivity contribution in [1.29, 1.82) is 0 Å². The zero-order valence-electron chi connectivity index (χ0n) is 6.59. The molecule has 0 aliphatic carbocycles. The quantitative estimate of drug-likeness (QED) is 0.597. The number of aromatic nitrogens is 1. The van der Waals surface area contributed by atoms with E-state index in [9.17, 15) is 0 Å². The Labute approximate surface area is 66.3 Å². The molecule has 1 unspecified atom stereocenters. The second-order valence-electron chi connectivity index (χ2n) is 2.50. The fraction of sp³-hybridized carbons (Fsp3) is 0.500. The van der Waals surface area contributed by atoms with Crippen LogP contribution < -0.4 is 0 Å². The minimum absolute atomic E-state index is 0.562. The first kappa shape index (κ1) is 7.73. The molecule has 1 aromatic heterocycles. The molecule has 1 nitrogen and oxygen atoms in total. The molecule has 0 N–H and O–H groups in total. The smallest absolute Gasteiger partial charge is 0.0438 e. The molecule has 0 amide bonds. The molecule has 0 fully saturated rings. The summed E-state index contributed by atoms with van der Waals surface area (Å²) in [6.07, 6.45) is 4.13. The van der Waals surface area contributed by atoms with Gasteiger partial charge in [-0.05, 0) is 24.0 Å². The zero-order chi connectivity index (χ0) is 7.56. The second-order valence-corrected chi connectivity index (χ2v) is 3.33. The molecular formula is C8H12NS-. The van der Waals surface area contributed by atoms with Crippen molar-refractivity contribution >= 4 is 11.5 Å². The predicted octanol–water partition coefficient (Wildman–Crippen LogP) is 2.78. The van der Waals surface area contributed by atoms with Gasteiger partial charge in [0.05, 0.1) is 0 Å². The van der Waals surface area contributed by atoms with Crippen molar-refractivity contribution in [3.05, 3.63) is 23.1 Å². The third kappa shape index (κ3) is 1.37. The van der Waals surface area contributed by atoms with Crippen molar-refractivity contribution < 1.29 is 0 Å². The maximum atomic E-state index is 4.11. The summed E-state index contributed by atoms with van der Waals surface area (Å²) in [7, 11) is 0. The molecule has 0 bridgehead atoms. The SMILES string of the molecule is C[CH-]C(C)c1sncc1C. The van der Waals surface area contributed by atoms with E-state index in [1.807, 2.05) is 6.20 Å². The van der Waals surface area contributed by atoms with Gasteiger partial charge in [-0.3, -0.25) is 0 Å². The molecule has 1 heterocycles. The van der Waals surface area contributed by atoms with Crippen LogP contribution in [0, 0.1) is 13.3 Å². The molecule has 0 spiro atoms. The summed E-state index contributed by atoms with van der Waals surface area (Å²) < 4.78 is 4.11. The van der Waals surface area contributed by atoms with Gasteiger partial charge in [-0.25, -0.2) is 4.37 Å². The van der Waals surface area contributed by atoms with E-state index >= 15 is 0 Å². The first-order chi connectivity index (χ1) is 4.75. The van der Waals surface area contributed by atoms with E-state index in [0.717, 1.165) is 0 Å². The molecule has 0 saturated heterocycles. The molecule has 0 aliphatic heterocycles. The highest BCUT2D eigenvalue weighted by molar-refractivity contribution is 7.06. The molecule has 1 atom stereocenters. The summed E-state index contributed by atoms with van der Waals surface area (Å²) in [5.74, 6) is 0.562. The first-order valence-corrected chi connectivity index (χ1v) is 4.23. The Bertz CT molecular complexity index is 205. The Hall–Kier alpha value is -0.370. The molecular weight excluding hydrogens is 142 g/mol. The summed E-state index contributed by atoms with van der Waals surface area (Å²) in [6.45, 7) is 6.39. The molecule has 0 radical (unpaired) electrons. The van der Waals surface area contributed by atoms with Crippen molar-refractivity contribution in [3.8, 4) is 0 Å². The Morgan fingerprint density at radius 1 is 1.70 bits per heavy atom. The van der Waals surface area contributed by atoms with E-state index in [0.29, 0.717) is 5.92 Å². The van der Waals surface area contributed by atoms with Crippen molar-refractivity contribution in [2.45, 2.75) is 26.7 Å². The van der Waals surface area contributed by atoms with Crippen LogP contribution in [0.2, 0.25) is 0 Å². The van der Waals surface area contributed by atoms with Crippen LogP contribution in [-0.2, 0) is 0 Å². The van der Waals surface area contributed by atoms with E-state index < -0.39 is 0 Å². The number of hydrogen-bond donors (Lipinski definition) is 0. The van der Waals surface area contributed by atoms with Gasteiger partial charge < -0.3 is 6.42 Å². The van der Waals surface area contributed by atoms with Crippen LogP contribution in [0.4, 0.5) is 0 Å². The fourth-order valence-corrected chi connectivity index (χ4v) is 1.71. The second kappa shape index (κ2) is 3.15. The lowest BCUT2D eigenvalue weighted by molar-refractivity contribution is 0.901. The van der Waals surface area contributed by atoms with Gasteiger partial charge in [0.25, 0.3) is 0 Å². The fourth-order valence-electron chi connectivity index (χ4n) is 0.891. The number of hydrogen-bond acceptors (Lipinski definition) is 2. The van der Waals surface area contributed by atoms with Crippen LogP contribution in [0.25, 0.3) is 0 Å². The molecule has 56 valence electrons. The number of aryl methyl sites for hydroxylation is 1. The van der Waals surface area contributed by atoms with Crippen molar-refractivity contribution in [2.75, 3.05) is 0 Å². The van der Waals surface area contributed by atoms with E-state index in [2.05, 4.69) is 31.6 Å². The monoisotopic (exact) mass is 154 g/mol. The number of nitrogens with zero attached hydrogens (tertiary/aromatic N) is 1. The minimum Gasteiger partial charge on any atom is -0.324 e. The van der Waals surface area contributed by atoms with Gasteiger partial charge in [-0.2, -0.15) is 6.92 Å². The van der Waals surface area contributed by atoms with Gasteiger partial charge >= 0.3 is 0 Å². The topological polar surface area (TPSA) is 12.9 Å². The van der Waals surface area contributed by atoms with Crippen molar-refractivity contribution in [1.82, 2.24) is 4.37 Å². The van der Waals surface area contributed by atoms with Gasteiger partial charge in [0.2, 0.25) is 0 Å². The Balaban J connectivity index is 2.82. The van der Waals surface area contributed by atoms with Gasteiger partial charge in [-0.1, -0.05) is 6.92 Å². The van der Waals surface area contributed by atoms with Crippen LogP contribution in [0.15, 0.2) is 6.20 Å². The van der Waals surface area contributed by atoms with Gasteiger partial charge in [0.1, 0.15) is 0 Å². The van der Waals surface area contributed by atoms with Crippen molar-refractivity contribution in [2.24, 2.45) is 0 Å². The normalized spacial score (nSPS) is 13.5. The van der Waals surface area contributed by atoms with Crippen molar-refractivity contribution in [3.63, 3.8) is 0 Å². The lowest BCUT2D eigenvalue weighted by Gasteiger charge is -2.14. The maximum absolute atomic E-state index is 4.11. The van der Waals surface area contributed by atoms with E-state index in [4.69, 9.17) is 0 Å². The van der Waals surface area contributed by atoms with Crippen LogP contribution >= 0.6 is 11.5 Å². The summed E-state index contributed by atoms with van der Waals surface area (Å²) in [6, 6.07) is 0. The van der Waals surface area contributed by atoms with Crippen LogP contribution in [0.5, 0.6) is 0 Å². The predicted molar refractivity (Wildman–Crippen MR) is 45.2 cm³/mol. The van der Waals surface area contributed by atoms with E-state index in [1.165, 1.54) is 10.4 Å². The highest BCUT2D eigenvalue weighted by atomic mass is 32.1. The van der Waals surface area contributed by atoms with Crippen LogP contribution in [0.1, 0.15) is 30.2 Å². The van der Waals surface area contributed by atoms with Crippen LogP contribution in [0.3, 0.4) is 0 Å². The third-order valence-corrected chi connectivity index (χ3v) is 2.80. The third-order valence-electron chi connectivity index (χ3n) is 1.70. The largest absolute Gasteiger partial charge is 0.324 e. The van der Waals surface area contributed by atoms with Gasteiger partial charge in [0, 0.05) is 11.1 Å². The first-order valence-electron chi connectivity index (χ1n) is 3.46. The highest BCUT2D eigenvalue weighted by Crippen LogP contribution is 2.24. The average molecular weight is 154 g/mol. The summed E-state index contributed by atoms with van der Waals surface area (Å²) in [4.78, 5) is 1.39. The Morgan fingerprint density at radius 3 is 2.80 bits per heavy atom. The highest BCUT2D eigenvalue weighted by Gasteiger charge is 2.01. The molecule has 0 saturated carbocycles. The zero-order valence-corrected chi connectivity index (χ0v) is 7.40. The number of rotatable bonds is 2. The lowest BCUT2D eigenvalue weighted by Crippen LogP contribution is -1.89. The lowest BCUT2D eigenvalue weighted by atomic mass is 10.1. The summed E-state index contributed by atoms with van der Waals surface area (Å²) in [5, 5.41) is 0. The molecule has 0 aliphatic rings. The van der Waals surface area contributed by atoms with Gasteiger partial charge in [0.15, 0.2) is 0 Å². The minimum atomic E-state index is 0.562. The molecule has 10 heavy (non-hydrogen) atoms. The van der Waals surface area contributed by atoms with Crippen LogP contribution in [-0.4, -0.2) is 4.37 Å². The van der Waals surface area contributed by atoms with Gasteiger partial charge in [-0.15, -0.1) is 5.92 Å². The summed E-state index contributed by atoms with van der Waals surface area (Å²) in [5.41, 5.74) is 1.32. The average Bonchev–Trinajstić information content (AvgIpc) is 2.34. The standard InChI is InChI=1S/C8H12NS/c1-4-6(2)8-7(3)5-9-10-8/h4-6H,1-3H3/q-1. The molecule has 0 aromatic carbocycles.